The molecule has 3 N–H and O–H groups in total. The molecule has 1 saturated heterocycles. The number of ether oxygens (including phenoxy) is 1. The average Bonchev–Trinajstić information content (AvgIpc) is 3.17. The van der Waals surface area contributed by atoms with Crippen LogP contribution < -0.4 is 15.0 Å². The normalized spacial score (nSPS) is 18.3. The predicted molar refractivity (Wildman–Crippen MR) is 130 cm³/mol. The first-order chi connectivity index (χ1) is 14.7. The minimum atomic E-state index is 0. The topological polar surface area (TPSA) is 85.1 Å². The molecular weight excluding hydrogens is 386 g/mol. The van der Waals surface area contributed by atoms with E-state index in [2.05, 4.69) is 55.3 Å². The summed E-state index contributed by atoms with van der Waals surface area (Å²) < 4.78 is 6.03. The molecule has 0 radical (unpaired) electrons. The van der Waals surface area contributed by atoms with Gasteiger partial charge >= 0.3 is 0 Å². The fourth-order valence-corrected chi connectivity index (χ4v) is 4.36. The maximum atomic E-state index is 7.69. The minimum absolute atomic E-state index is 0. The van der Waals surface area contributed by atoms with E-state index < -0.39 is 0 Å². The highest BCUT2D eigenvalue weighted by atomic mass is 16.5. The van der Waals surface area contributed by atoms with Crippen LogP contribution in [-0.4, -0.2) is 41.6 Å². The largest absolute Gasteiger partial charge is 0.472 e. The van der Waals surface area contributed by atoms with Crippen molar-refractivity contribution in [1.82, 2.24) is 10.3 Å². The highest BCUT2D eigenvalue weighted by Gasteiger charge is 2.28. The molecule has 0 aliphatic carbocycles. The number of hydrogen-bond donors (Lipinski definition) is 3. The van der Waals surface area contributed by atoms with Gasteiger partial charge in [-0.05, 0) is 75.1 Å². The van der Waals surface area contributed by atoms with Crippen molar-refractivity contribution in [1.29, 1.82) is 10.8 Å². The van der Waals surface area contributed by atoms with Gasteiger partial charge in [-0.3, -0.25) is 0 Å². The molecule has 0 spiro atoms. The van der Waals surface area contributed by atoms with Crippen molar-refractivity contribution in [3.8, 4) is 17.0 Å². The summed E-state index contributed by atoms with van der Waals surface area (Å²) >= 11 is 0. The number of nitrogens with one attached hydrogen (secondary N) is 3. The van der Waals surface area contributed by atoms with Gasteiger partial charge in [0.1, 0.15) is 12.4 Å². The van der Waals surface area contributed by atoms with Crippen molar-refractivity contribution in [3.05, 3.63) is 47.5 Å². The second-order valence-electron chi connectivity index (χ2n) is 9.44. The minimum Gasteiger partial charge on any atom is -0.472 e. The molecule has 0 bridgehead atoms. The Labute approximate surface area is 185 Å². The molecule has 0 unspecified atom stereocenters. The molecule has 31 heavy (non-hydrogen) atoms. The molecule has 0 amide bonds. The molecule has 6 nitrogen and oxygen atoms in total. The number of anilines is 1. The van der Waals surface area contributed by atoms with Gasteiger partial charge in [0, 0.05) is 49.2 Å². The third kappa shape index (κ3) is 4.69. The quantitative estimate of drug-likeness (QED) is 0.600. The van der Waals surface area contributed by atoms with E-state index in [9.17, 15) is 0 Å². The van der Waals surface area contributed by atoms with Crippen molar-refractivity contribution in [2.45, 2.75) is 52.3 Å². The molecule has 2 aromatic rings. The molecular formula is C25H33N5O. The van der Waals surface area contributed by atoms with Crippen LogP contribution in [0, 0.1) is 10.8 Å². The fourth-order valence-electron chi connectivity index (χ4n) is 4.36. The number of hydrogen-bond acceptors (Lipinski definition) is 6. The van der Waals surface area contributed by atoms with Gasteiger partial charge in [0.25, 0.3) is 0 Å². The molecule has 1 aromatic heterocycles. The maximum Gasteiger partial charge on any atom is 0.223 e. The number of nitrogens with zero attached hydrogens (tertiary/aromatic N) is 2. The summed E-state index contributed by atoms with van der Waals surface area (Å²) in [6.07, 6.45) is 4.11. The van der Waals surface area contributed by atoms with Crippen LogP contribution in [0.2, 0.25) is 0 Å². The zero-order valence-corrected chi connectivity index (χ0v) is 18.7. The van der Waals surface area contributed by atoms with E-state index in [4.69, 9.17) is 20.5 Å². The molecule has 1 aromatic carbocycles. The first-order valence-electron chi connectivity index (χ1n) is 10.8. The van der Waals surface area contributed by atoms with Gasteiger partial charge in [-0.1, -0.05) is 12.1 Å². The van der Waals surface area contributed by atoms with E-state index in [1.165, 1.54) is 6.21 Å². The average molecular weight is 420 g/mol. The Morgan fingerprint density at radius 2 is 2.03 bits per heavy atom. The summed E-state index contributed by atoms with van der Waals surface area (Å²) in [6, 6.07) is 10.8. The number of allylic oxidation sites excluding steroid dienone is 2. The van der Waals surface area contributed by atoms with Gasteiger partial charge in [-0.2, -0.15) is 4.98 Å². The Morgan fingerprint density at radius 1 is 1.26 bits per heavy atom. The van der Waals surface area contributed by atoms with Crippen LogP contribution >= 0.6 is 0 Å². The molecule has 0 saturated carbocycles. The summed E-state index contributed by atoms with van der Waals surface area (Å²) in [5.74, 6) is 1.65. The van der Waals surface area contributed by atoms with Crippen molar-refractivity contribution in [2.75, 3.05) is 18.0 Å². The summed E-state index contributed by atoms with van der Waals surface area (Å²) in [7, 11) is 0. The Balaban J connectivity index is 0.00000289. The molecule has 4 rings (SSSR count). The van der Waals surface area contributed by atoms with Crippen LogP contribution in [0.15, 0.2) is 36.4 Å². The third-order valence-corrected chi connectivity index (χ3v) is 5.62. The summed E-state index contributed by atoms with van der Waals surface area (Å²) in [5, 5.41) is 19.1. The van der Waals surface area contributed by atoms with E-state index >= 15 is 0 Å². The number of rotatable bonds is 5. The van der Waals surface area contributed by atoms with Gasteiger partial charge < -0.3 is 25.8 Å². The number of aromatic nitrogens is 1. The lowest BCUT2D eigenvalue weighted by Gasteiger charge is -2.26. The second kappa shape index (κ2) is 8.27. The molecule has 1 fully saturated rings. The van der Waals surface area contributed by atoms with Crippen LogP contribution in [0.5, 0.6) is 5.88 Å². The molecule has 2 aliphatic rings. The predicted octanol–water partition coefficient (Wildman–Crippen LogP) is 4.93. The maximum absolute atomic E-state index is 7.69. The number of fused-ring (bicyclic) bond motifs is 3. The summed E-state index contributed by atoms with van der Waals surface area (Å²) in [5.41, 5.74) is 5.38. The van der Waals surface area contributed by atoms with Crippen LogP contribution in [0.25, 0.3) is 16.7 Å². The second-order valence-corrected chi connectivity index (χ2v) is 9.44. The lowest BCUT2D eigenvalue weighted by Crippen LogP contribution is -2.44. The van der Waals surface area contributed by atoms with E-state index in [1.807, 2.05) is 6.07 Å². The van der Waals surface area contributed by atoms with Crippen molar-refractivity contribution >= 4 is 23.3 Å². The Kier molecular flexibility index (Phi) is 5.67. The first-order valence-corrected chi connectivity index (χ1v) is 10.8. The lowest BCUT2D eigenvalue weighted by atomic mass is 9.94. The highest BCUT2D eigenvalue weighted by Crippen LogP contribution is 2.38. The SMILES string of the molecule is CC(=N)/C=C(\C=N)c1ccc2c(c1)COc1nc(N3CC[C@H](NC(C)(C)C)C3)ccc1-2.[HH]. The van der Waals surface area contributed by atoms with E-state index in [0.717, 1.165) is 53.2 Å². The van der Waals surface area contributed by atoms with Crippen LogP contribution in [0.4, 0.5) is 5.82 Å². The van der Waals surface area contributed by atoms with Crippen LogP contribution in [0.3, 0.4) is 0 Å². The van der Waals surface area contributed by atoms with Gasteiger partial charge in [0.2, 0.25) is 5.88 Å². The number of benzene rings is 1. The van der Waals surface area contributed by atoms with E-state index in [0.29, 0.717) is 24.2 Å². The van der Waals surface area contributed by atoms with Crippen molar-refractivity contribution in [2.24, 2.45) is 0 Å². The first kappa shape index (κ1) is 21.2. The van der Waals surface area contributed by atoms with Crippen molar-refractivity contribution in [3.63, 3.8) is 0 Å². The Morgan fingerprint density at radius 3 is 2.74 bits per heavy atom. The van der Waals surface area contributed by atoms with Crippen LogP contribution in [0.1, 0.15) is 46.7 Å². The zero-order valence-electron chi connectivity index (χ0n) is 18.7. The molecule has 1 atom stereocenters. The molecule has 6 heteroatoms. The smallest absolute Gasteiger partial charge is 0.223 e. The van der Waals surface area contributed by atoms with E-state index in [1.54, 1.807) is 13.0 Å². The summed E-state index contributed by atoms with van der Waals surface area (Å²) in [6.45, 7) is 10.7. The van der Waals surface area contributed by atoms with E-state index in [-0.39, 0.29) is 6.97 Å². The van der Waals surface area contributed by atoms with Gasteiger partial charge in [0.15, 0.2) is 0 Å². The van der Waals surface area contributed by atoms with Crippen molar-refractivity contribution < 1.29 is 6.16 Å². The highest BCUT2D eigenvalue weighted by molar-refractivity contribution is 6.15. The zero-order chi connectivity index (χ0) is 22.2. The summed E-state index contributed by atoms with van der Waals surface area (Å²) in [4.78, 5) is 7.16. The van der Waals surface area contributed by atoms with Gasteiger partial charge in [0.05, 0.1) is 0 Å². The molecule has 3 heterocycles. The monoisotopic (exact) mass is 419 g/mol. The fraction of sp³-hybridized carbons (Fsp3) is 0.400. The molecule has 2 aliphatic heterocycles. The standard InChI is InChI=1S/C25H31N5O.H2/c1-16(27)11-18(13-26)17-5-6-21-19(12-17)15-31-24-22(21)7-8-23(28-24)30-10-9-20(14-30)29-25(2,3)4;/h5-8,11-13,20,26-27,29H,9-10,14-15H2,1-4H3;1H/b18-11+,26-13?,27-16?;/t20-;/m0./s1. The Hall–Kier alpha value is -2.99. The number of pyridine rings is 1. The molecule has 164 valence electrons. The third-order valence-electron chi connectivity index (χ3n) is 5.62. The van der Waals surface area contributed by atoms with Gasteiger partial charge in [-0.15, -0.1) is 0 Å². The Bertz CT molecular complexity index is 1060. The lowest BCUT2D eigenvalue weighted by molar-refractivity contribution is 0.290. The van der Waals surface area contributed by atoms with Crippen LogP contribution in [-0.2, 0) is 6.61 Å². The van der Waals surface area contributed by atoms with Gasteiger partial charge in [-0.25, -0.2) is 0 Å².